The van der Waals surface area contributed by atoms with E-state index in [1.54, 1.807) is 0 Å². The lowest BCUT2D eigenvalue weighted by Gasteiger charge is -2.08. The SMILES string of the molecule is CS(=O)(=O)c1cccc(O)c1CCON. The molecular formula is C9H13NO4S. The lowest BCUT2D eigenvalue weighted by Crippen LogP contribution is -2.08. The number of hydrogen-bond acceptors (Lipinski definition) is 5. The highest BCUT2D eigenvalue weighted by atomic mass is 32.2. The molecule has 0 unspecified atom stereocenters. The molecule has 0 spiro atoms. The van der Waals surface area contributed by atoms with Crippen LogP contribution in [0.2, 0.25) is 0 Å². The van der Waals surface area contributed by atoms with Crippen LogP contribution in [0.3, 0.4) is 0 Å². The van der Waals surface area contributed by atoms with Gasteiger partial charge in [-0.3, -0.25) is 0 Å². The van der Waals surface area contributed by atoms with Gasteiger partial charge in [-0.2, -0.15) is 0 Å². The van der Waals surface area contributed by atoms with Crippen LogP contribution in [0.15, 0.2) is 23.1 Å². The van der Waals surface area contributed by atoms with Crippen molar-refractivity contribution in [3.05, 3.63) is 23.8 Å². The molecule has 0 saturated carbocycles. The van der Waals surface area contributed by atoms with Crippen LogP contribution in [-0.2, 0) is 21.1 Å². The Morgan fingerprint density at radius 3 is 2.67 bits per heavy atom. The van der Waals surface area contributed by atoms with Crippen molar-refractivity contribution in [3.8, 4) is 5.75 Å². The fraction of sp³-hybridized carbons (Fsp3) is 0.333. The quantitative estimate of drug-likeness (QED) is 0.724. The monoisotopic (exact) mass is 231 g/mol. The van der Waals surface area contributed by atoms with Crippen molar-refractivity contribution >= 4 is 9.84 Å². The van der Waals surface area contributed by atoms with E-state index in [0.717, 1.165) is 6.26 Å². The summed E-state index contributed by atoms with van der Waals surface area (Å²) in [5, 5.41) is 9.52. The van der Waals surface area contributed by atoms with E-state index >= 15 is 0 Å². The zero-order valence-corrected chi connectivity index (χ0v) is 9.12. The van der Waals surface area contributed by atoms with Crippen molar-refractivity contribution in [2.75, 3.05) is 12.9 Å². The molecule has 3 N–H and O–H groups in total. The average molecular weight is 231 g/mol. The molecule has 0 bridgehead atoms. The molecule has 0 saturated heterocycles. The maximum absolute atomic E-state index is 11.4. The normalized spacial score (nSPS) is 11.6. The van der Waals surface area contributed by atoms with E-state index in [-0.39, 0.29) is 23.7 Å². The Balaban J connectivity index is 3.21. The van der Waals surface area contributed by atoms with E-state index in [0.29, 0.717) is 5.56 Å². The molecule has 0 atom stereocenters. The molecule has 0 heterocycles. The molecule has 0 aromatic heterocycles. The highest BCUT2D eigenvalue weighted by Gasteiger charge is 2.15. The zero-order valence-electron chi connectivity index (χ0n) is 8.30. The number of phenolic OH excluding ortho intramolecular Hbond substituents is 1. The minimum atomic E-state index is -3.34. The molecule has 0 aliphatic heterocycles. The third-order valence-corrected chi connectivity index (χ3v) is 3.16. The molecule has 84 valence electrons. The Labute approximate surface area is 88.4 Å². The van der Waals surface area contributed by atoms with Crippen LogP contribution >= 0.6 is 0 Å². The van der Waals surface area contributed by atoms with Crippen LogP contribution in [0.25, 0.3) is 0 Å². The van der Waals surface area contributed by atoms with Crippen LogP contribution in [0, 0.1) is 0 Å². The van der Waals surface area contributed by atoms with Gasteiger partial charge in [0.2, 0.25) is 0 Å². The molecular weight excluding hydrogens is 218 g/mol. The minimum Gasteiger partial charge on any atom is -0.508 e. The Morgan fingerprint density at radius 1 is 1.47 bits per heavy atom. The minimum absolute atomic E-state index is 0.0602. The Kier molecular flexibility index (Phi) is 3.67. The van der Waals surface area contributed by atoms with E-state index in [9.17, 15) is 13.5 Å². The highest BCUT2D eigenvalue weighted by molar-refractivity contribution is 7.90. The summed E-state index contributed by atoms with van der Waals surface area (Å²) < 4.78 is 22.8. The second-order valence-corrected chi connectivity index (χ2v) is 5.13. The van der Waals surface area contributed by atoms with Gasteiger partial charge in [0, 0.05) is 18.2 Å². The van der Waals surface area contributed by atoms with Crippen LogP contribution in [-0.4, -0.2) is 26.4 Å². The number of nitrogens with two attached hydrogens (primary N) is 1. The molecule has 0 radical (unpaired) electrons. The molecule has 1 rings (SSSR count). The van der Waals surface area contributed by atoms with E-state index in [1.807, 2.05) is 0 Å². The fourth-order valence-corrected chi connectivity index (χ4v) is 2.29. The second-order valence-electron chi connectivity index (χ2n) is 3.15. The number of benzene rings is 1. The Morgan fingerprint density at radius 2 is 2.13 bits per heavy atom. The first-order valence-corrected chi connectivity index (χ1v) is 6.18. The van der Waals surface area contributed by atoms with Gasteiger partial charge < -0.3 is 9.94 Å². The van der Waals surface area contributed by atoms with Crippen molar-refractivity contribution in [1.29, 1.82) is 0 Å². The summed E-state index contributed by atoms with van der Waals surface area (Å²) in [5.74, 6) is 4.79. The van der Waals surface area contributed by atoms with Crippen LogP contribution in [0.5, 0.6) is 5.75 Å². The first-order chi connectivity index (χ1) is 6.96. The lowest BCUT2D eigenvalue weighted by molar-refractivity contribution is 0.140. The van der Waals surface area contributed by atoms with Crippen LogP contribution < -0.4 is 5.90 Å². The van der Waals surface area contributed by atoms with Crippen molar-refractivity contribution in [2.45, 2.75) is 11.3 Å². The first-order valence-electron chi connectivity index (χ1n) is 4.29. The highest BCUT2D eigenvalue weighted by Crippen LogP contribution is 2.25. The van der Waals surface area contributed by atoms with Gasteiger partial charge in [-0.1, -0.05) is 6.07 Å². The molecule has 1 aromatic rings. The number of aromatic hydroxyl groups is 1. The van der Waals surface area contributed by atoms with Gasteiger partial charge in [0.25, 0.3) is 0 Å². The number of hydrogen-bond donors (Lipinski definition) is 2. The van der Waals surface area contributed by atoms with Gasteiger partial charge in [0.1, 0.15) is 5.75 Å². The third-order valence-electron chi connectivity index (χ3n) is 1.98. The topological polar surface area (TPSA) is 89.6 Å². The summed E-state index contributed by atoms with van der Waals surface area (Å²) in [5.41, 5.74) is 0.338. The second kappa shape index (κ2) is 4.61. The predicted molar refractivity (Wildman–Crippen MR) is 55.1 cm³/mol. The molecule has 0 amide bonds. The summed E-state index contributed by atoms with van der Waals surface area (Å²) >= 11 is 0. The van der Waals surface area contributed by atoms with Gasteiger partial charge in [-0.15, -0.1) is 0 Å². The van der Waals surface area contributed by atoms with Crippen molar-refractivity contribution in [1.82, 2.24) is 0 Å². The van der Waals surface area contributed by atoms with Gasteiger partial charge in [0.15, 0.2) is 9.84 Å². The summed E-state index contributed by atoms with van der Waals surface area (Å²) in [6, 6.07) is 4.36. The summed E-state index contributed by atoms with van der Waals surface area (Å²) in [6.45, 7) is 0.153. The largest absolute Gasteiger partial charge is 0.508 e. The van der Waals surface area contributed by atoms with Gasteiger partial charge in [0.05, 0.1) is 11.5 Å². The number of rotatable bonds is 4. The summed E-state index contributed by atoms with van der Waals surface area (Å²) in [6.07, 6.45) is 1.35. The number of phenols is 1. The predicted octanol–water partition coefficient (Wildman–Crippen LogP) is 0.229. The molecule has 0 aliphatic rings. The zero-order chi connectivity index (χ0) is 11.5. The maximum Gasteiger partial charge on any atom is 0.175 e. The first kappa shape index (κ1) is 12.0. The Hall–Kier alpha value is -1.11. The average Bonchev–Trinajstić information content (AvgIpc) is 2.14. The molecule has 15 heavy (non-hydrogen) atoms. The van der Waals surface area contributed by atoms with Crippen molar-refractivity contribution in [2.24, 2.45) is 5.90 Å². The maximum atomic E-state index is 11.4. The van der Waals surface area contributed by atoms with E-state index in [1.165, 1.54) is 18.2 Å². The third kappa shape index (κ3) is 2.92. The van der Waals surface area contributed by atoms with E-state index in [2.05, 4.69) is 4.84 Å². The van der Waals surface area contributed by atoms with E-state index < -0.39 is 9.84 Å². The van der Waals surface area contributed by atoms with Crippen molar-refractivity contribution in [3.63, 3.8) is 0 Å². The lowest BCUT2D eigenvalue weighted by atomic mass is 10.1. The van der Waals surface area contributed by atoms with Crippen LogP contribution in [0.4, 0.5) is 0 Å². The van der Waals surface area contributed by atoms with Gasteiger partial charge >= 0.3 is 0 Å². The van der Waals surface area contributed by atoms with Crippen LogP contribution in [0.1, 0.15) is 5.56 Å². The molecule has 1 aromatic carbocycles. The summed E-state index contributed by atoms with van der Waals surface area (Å²) in [4.78, 5) is 4.47. The molecule has 0 aliphatic carbocycles. The Bertz CT molecular complexity index is 441. The van der Waals surface area contributed by atoms with Gasteiger partial charge in [-0.25, -0.2) is 14.3 Å². The molecule has 6 heteroatoms. The fourth-order valence-electron chi connectivity index (χ4n) is 1.31. The number of sulfone groups is 1. The smallest absolute Gasteiger partial charge is 0.175 e. The van der Waals surface area contributed by atoms with E-state index in [4.69, 9.17) is 5.90 Å². The van der Waals surface area contributed by atoms with Gasteiger partial charge in [-0.05, 0) is 12.1 Å². The molecule has 0 fully saturated rings. The molecule has 5 nitrogen and oxygen atoms in total. The standard InChI is InChI=1S/C9H13NO4S/c1-15(12,13)9-4-2-3-8(11)7(9)5-6-14-10/h2-4,11H,5-6,10H2,1H3. The van der Waals surface area contributed by atoms with Crippen molar-refractivity contribution < 1.29 is 18.4 Å². The summed E-state index contributed by atoms with van der Waals surface area (Å²) in [7, 11) is -3.34.